The van der Waals surface area contributed by atoms with Gasteiger partial charge >= 0.3 is 0 Å². The van der Waals surface area contributed by atoms with E-state index in [2.05, 4.69) is 10.3 Å². The van der Waals surface area contributed by atoms with E-state index in [4.69, 9.17) is 0 Å². The minimum atomic E-state index is 0.0797. The molecule has 0 bridgehead atoms. The molecule has 1 N–H and O–H groups in total. The molecule has 1 fully saturated rings. The molecule has 1 heterocycles. The molecule has 0 saturated heterocycles. The first-order chi connectivity index (χ1) is 7.77. The predicted octanol–water partition coefficient (Wildman–Crippen LogP) is 2.45. The molecule has 3 heteroatoms. The van der Waals surface area contributed by atoms with Crippen LogP contribution >= 0.6 is 0 Å². The van der Waals surface area contributed by atoms with Crippen molar-refractivity contribution in [3.05, 3.63) is 30.1 Å². The van der Waals surface area contributed by atoms with Crippen molar-refractivity contribution in [2.24, 2.45) is 5.92 Å². The Bertz CT molecular complexity index is 344. The maximum atomic E-state index is 11.9. The highest BCUT2D eigenvalue weighted by Crippen LogP contribution is 2.25. The zero-order valence-corrected chi connectivity index (χ0v) is 9.65. The number of rotatable bonds is 3. The largest absolute Gasteiger partial charge is 0.349 e. The maximum absolute atomic E-state index is 11.9. The van der Waals surface area contributed by atoms with Gasteiger partial charge in [-0.2, -0.15) is 0 Å². The molecule has 1 aliphatic rings. The number of hydrogen-bond donors (Lipinski definition) is 1. The number of amides is 1. The van der Waals surface area contributed by atoms with Crippen LogP contribution in [0.25, 0.3) is 0 Å². The Labute approximate surface area is 96.3 Å². The van der Waals surface area contributed by atoms with Gasteiger partial charge in [-0.15, -0.1) is 0 Å². The highest BCUT2D eigenvalue weighted by Gasteiger charge is 2.23. The number of aromatic nitrogens is 1. The number of pyridine rings is 1. The van der Waals surface area contributed by atoms with Gasteiger partial charge in [0.15, 0.2) is 0 Å². The van der Waals surface area contributed by atoms with E-state index >= 15 is 0 Å². The summed E-state index contributed by atoms with van der Waals surface area (Å²) in [6.07, 6.45) is 8.01. The fourth-order valence-electron chi connectivity index (χ4n) is 2.25. The van der Waals surface area contributed by atoms with Crippen LogP contribution in [0, 0.1) is 5.92 Å². The Kier molecular flexibility index (Phi) is 3.54. The van der Waals surface area contributed by atoms with E-state index in [0.29, 0.717) is 0 Å². The Morgan fingerprint density at radius 3 is 2.62 bits per heavy atom. The second-order valence-electron chi connectivity index (χ2n) is 4.49. The normalized spacial score (nSPS) is 18.3. The minimum absolute atomic E-state index is 0.0797. The summed E-state index contributed by atoms with van der Waals surface area (Å²) in [6, 6.07) is 3.97. The first-order valence-corrected chi connectivity index (χ1v) is 5.97. The Morgan fingerprint density at radius 1 is 1.38 bits per heavy atom. The average Bonchev–Trinajstić information content (AvgIpc) is 2.83. The molecular formula is C13H18N2O. The van der Waals surface area contributed by atoms with Crippen molar-refractivity contribution in [3.8, 4) is 0 Å². The molecule has 16 heavy (non-hydrogen) atoms. The van der Waals surface area contributed by atoms with Gasteiger partial charge in [-0.25, -0.2) is 0 Å². The smallest absolute Gasteiger partial charge is 0.223 e. The fraction of sp³-hybridized carbons (Fsp3) is 0.538. The van der Waals surface area contributed by atoms with Crippen molar-refractivity contribution >= 4 is 5.91 Å². The molecule has 1 saturated carbocycles. The van der Waals surface area contributed by atoms with Crippen LogP contribution in [0.2, 0.25) is 0 Å². The van der Waals surface area contributed by atoms with Crippen molar-refractivity contribution in [1.82, 2.24) is 10.3 Å². The molecule has 0 spiro atoms. The topological polar surface area (TPSA) is 42.0 Å². The second kappa shape index (κ2) is 5.10. The van der Waals surface area contributed by atoms with Crippen molar-refractivity contribution in [1.29, 1.82) is 0 Å². The molecule has 0 aromatic carbocycles. The third kappa shape index (κ3) is 2.60. The molecule has 1 atom stereocenters. The summed E-state index contributed by atoms with van der Waals surface area (Å²) in [7, 11) is 0. The van der Waals surface area contributed by atoms with Crippen LogP contribution in [0.4, 0.5) is 0 Å². The number of nitrogens with one attached hydrogen (secondary N) is 1. The summed E-state index contributed by atoms with van der Waals surface area (Å²) in [6.45, 7) is 2.02. The van der Waals surface area contributed by atoms with Gasteiger partial charge in [0, 0.05) is 18.3 Å². The quantitative estimate of drug-likeness (QED) is 0.846. The van der Waals surface area contributed by atoms with E-state index in [9.17, 15) is 4.79 Å². The van der Waals surface area contributed by atoms with Crippen LogP contribution in [0.5, 0.6) is 0 Å². The molecule has 0 radical (unpaired) electrons. The van der Waals surface area contributed by atoms with Gasteiger partial charge in [0.2, 0.25) is 5.91 Å². The summed E-state index contributed by atoms with van der Waals surface area (Å²) in [5, 5.41) is 3.07. The zero-order chi connectivity index (χ0) is 11.4. The Balaban J connectivity index is 1.92. The number of carbonyl (C=O) groups is 1. The summed E-state index contributed by atoms with van der Waals surface area (Å²) in [4.78, 5) is 15.9. The summed E-state index contributed by atoms with van der Waals surface area (Å²) < 4.78 is 0. The van der Waals surface area contributed by atoms with E-state index in [1.807, 2.05) is 19.1 Å². The van der Waals surface area contributed by atoms with Crippen LogP contribution in [-0.4, -0.2) is 10.9 Å². The second-order valence-corrected chi connectivity index (χ2v) is 4.49. The SMILES string of the molecule is CC(NC(=O)C1CCCC1)c1ccncc1. The standard InChI is InChI=1S/C13H18N2O/c1-10(11-6-8-14-9-7-11)15-13(16)12-4-2-3-5-12/h6-10,12H,2-5H2,1H3,(H,15,16). The molecule has 1 amide bonds. The van der Waals surface area contributed by atoms with E-state index in [1.165, 1.54) is 12.8 Å². The highest BCUT2D eigenvalue weighted by atomic mass is 16.1. The maximum Gasteiger partial charge on any atom is 0.223 e. The monoisotopic (exact) mass is 218 g/mol. The molecule has 1 unspecified atom stereocenters. The lowest BCUT2D eigenvalue weighted by atomic mass is 10.1. The van der Waals surface area contributed by atoms with Crippen molar-refractivity contribution in [3.63, 3.8) is 0 Å². The summed E-state index contributed by atoms with van der Waals surface area (Å²) >= 11 is 0. The molecular weight excluding hydrogens is 200 g/mol. The first-order valence-electron chi connectivity index (χ1n) is 5.97. The van der Waals surface area contributed by atoms with Gasteiger partial charge in [0.25, 0.3) is 0 Å². The zero-order valence-electron chi connectivity index (χ0n) is 9.65. The van der Waals surface area contributed by atoms with Gasteiger partial charge in [0.1, 0.15) is 0 Å². The highest BCUT2D eigenvalue weighted by molar-refractivity contribution is 5.79. The Hall–Kier alpha value is -1.38. The molecule has 1 aromatic heterocycles. The summed E-state index contributed by atoms with van der Waals surface area (Å²) in [5.74, 6) is 0.450. The van der Waals surface area contributed by atoms with E-state index in [-0.39, 0.29) is 17.9 Å². The van der Waals surface area contributed by atoms with Crippen LogP contribution in [0.1, 0.15) is 44.2 Å². The Morgan fingerprint density at radius 2 is 2.00 bits per heavy atom. The lowest BCUT2D eigenvalue weighted by molar-refractivity contribution is -0.125. The van der Waals surface area contributed by atoms with Crippen molar-refractivity contribution in [2.45, 2.75) is 38.6 Å². The fourth-order valence-corrected chi connectivity index (χ4v) is 2.25. The molecule has 0 aliphatic heterocycles. The molecule has 1 aliphatic carbocycles. The number of hydrogen-bond acceptors (Lipinski definition) is 2. The predicted molar refractivity (Wildman–Crippen MR) is 62.8 cm³/mol. The van der Waals surface area contributed by atoms with Crippen LogP contribution in [0.3, 0.4) is 0 Å². The third-order valence-electron chi connectivity index (χ3n) is 3.29. The van der Waals surface area contributed by atoms with Crippen molar-refractivity contribution < 1.29 is 4.79 Å². The lowest BCUT2D eigenvalue weighted by Crippen LogP contribution is -2.31. The van der Waals surface area contributed by atoms with Gasteiger partial charge in [-0.05, 0) is 37.5 Å². The molecule has 86 valence electrons. The van der Waals surface area contributed by atoms with Crippen LogP contribution < -0.4 is 5.32 Å². The number of carbonyl (C=O) groups excluding carboxylic acids is 1. The van der Waals surface area contributed by atoms with E-state index in [0.717, 1.165) is 18.4 Å². The number of nitrogens with zero attached hydrogens (tertiary/aromatic N) is 1. The van der Waals surface area contributed by atoms with Gasteiger partial charge in [-0.3, -0.25) is 9.78 Å². The third-order valence-corrected chi connectivity index (χ3v) is 3.29. The van der Waals surface area contributed by atoms with E-state index in [1.54, 1.807) is 12.4 Å². The molecule has 3 nitrogen and oxygen atoms in total. The average molecular weight is 218 g/mol. The molecule has 1 aromatic rings. The van der Waals surface area contributed by atoms with E-state index < -0.39 is 0 Å². The van der Waals surface area contributed by atoms with Gasteiger partial charge < -0.3 is 5.32 Å². The molecule has 2 rings (SSSR count). The van der Waals surface area contributed by atoms with Gasteiger partial charge in [-0.1, -0.05) is 12.8 Å². The summed E-state index contributed by atoms with van der Waals surface area (Å²) in [5.41, 5.74) is 1.11. The minimum Gasteiger partial charge on any atom is -0.349 e. The lowest BCUT2D eigenvalue weighted by Gasteiger charge is -2.17. The van der Waals surface area contributed by atoms with Crippen LogP contribution in [0.15, 0.2) is 24.5 Å². The van der Waals surface area contributed by atoms with Crippen LogP contribution in [-0.2, 0) is 4.79 Å². The van der Waals surface area contributed by atoms with Crippen molar-refractivity contribution in [2.75, 3.05) is 0 Å². The van der Waals surface area contributed by atoms with Gasteiger partial charge in [0.05, 0.1) is 6.04 Å². The first kappa shape index (κ1) is 11.1.